The summed E-state index contributed by atoms with van der Waals surface area (Å²) in [4.78, 5) is 12.2. The molecular formula is C18H24N2O2. The molecule has 1 heterocycles. The number of hydrogen-bond acceptors (Lipinski definition) is 2. The Labute approximate surface area is 131 Å². The van der Waals surface area contributed by atoms with Gasteiger partial charge in [-0.3, -0.25) is 0 Å². The van der Waals surface area contributed by atoms with E-state index in [9.17, 15) is 4.79 Å². The van der Waals surface area contributed by atoms with Crippen molar-refractivity contribution in [1.82, 2.24) is 5.32 Å². The van der Waals surface area contributed by atoms with Crippen LogP contribution >= 0.6 is 0 Å². The van der Waals surface area contributed by atoms with Crippen LogP contribution in [0.15, 0.2) is 12.1 Å². The van der Waals surface area contributed by atoms with E-state index in [2.05, 4.69) is 29.7 Å². The zero-order chi connectivity index (χ0) is 15.4. The van der Waals surface area contributed by atoms with E-state index < -0.39 is 0 Å². The average Bonchev–Trinajstić information content (AvgIpc) is 3.06. The summed E-state index contributed by atoms with van der Waals surface area (Å²) in [5.41, 5.74) is 4.38. The van der Waals surface area contributed by atoms with Crippen molar-refractivity contribution in [2.45, 2.75) is 45.8 Å². The van der Waals surface area contributed by atoms with Gasteiger partial charge in [-0.25, -0.2) is 4.79 Å². The minimum atomic E-state index is -0.0916. The Morgan fingerprint density at radius 3 is 2.55 bits per heavy atom. The molecule has 118 valence electrons. The molecule has 3 fully saturated rings. The lowest BCUT2D eigenvalue weighted by Gasteiger charge is -2.20. The molecule has 1 saturated heterocycles. The molecule has 2 saturated carbocycles. The number of amides is 2. The second-order valence-electron chi connectivity index (χ2n) is 7.33. The SMILES string of the molecule is Cc1cc(C)c(NC(=O)NCC2CC3CC2C2OC32)c(C)c1. The van der Waals surface area contributed by atoms with E-state index in [-0.39, 0.29) is 6.03 Å². The molecule has 22 heavy (non-hydrogen) atoms. The van der Waals surface area contributed by atoms with Gasteiger partial charge in [-0.2, -0.15) is 0 Å². The van der Waals surface area contributed by atoms with Gasteiger partial charge in [-0.15, -0.1) is 0 Å². The van der Waals surface area contributed by atoms with Crippen LogP contribution in [0, 0.1) is 38.5 Å². The number of benzene rings is 1. The van der Waals surface area contributed by atoms with E-state index in [4.69, 9.17) is 4.74 Å². The Balaban J connectivity index is 1.34. The molecule has 4 rings (SSSR count). The van der Waals surface area contributed by atoms with Crippen molar-refractivity contribution in [3.05, 3.63) is 28.8 Å². The van der Waals surface area contributed by atoms with Crippen LogP contribution in [-0.2, 0) is 4.74 Å². The predicted octanol–water partition coefficient (Wildman–Crippen LogP) is 3.16. The summed E-state index contributed by atoms with van der Waals surface area (Å²) in [5.74, 6) is 2.03. The summed E-state index contributed by atoms with van der Waals surface area (Å²) in [6.07, 6.45) is 3.59. The molecule has 1 aliphatic heterocycles. The predicted molar refractivity (Wildman–Crippen MR) is 86.0 cm³/mol. The lowest BCUT2D eigenvalue weighted by atomic mass is 9.89. The van der Waals surface area contributed by atoms with Crippen molar-refractivity contribution in [2.75, 3.05) is 11.9 Å². The molecule has 2 bridgehead atoms. The van der Waals surface area contributed by atoms with Gasteiger partial charge in [0, 0.05) is 12.2 Å². The van der Waals surface area contributed by atoms with Gasteiger partial charge in [0.05, 0.1) is 12.2 Å². The molecule has 1 aromatic carbocycles. The van der Waals surface area contributed by atoms with E-state index in [1.54, 1.807) is 0 Å². The molecule has 2 N–H and O–H groups in total. The minimum absolute atomic E-state index is 0.0916. The highest BCUT2D eigenvalue weighted by atomic mass is 16.6. The van der Waals surface area contributed by atoms with Crippen LogP contribution in [0.1, 0.15) is 29.5 Å². The highest BCUT2D eigenvalue weighted by Crippen LogP contribution is 2.58. The molecule has 3 aliphatic rings. The number of epoxide rings is 1. The van der Waals surface area contributed by atoms with Crippen LogP contribution < -0.4 is 10.6 Å². The zero-order valence-corrected chi connectivity index (χ0v) is 13.5. The first-order chi connectivity index (χ1) is 10.5. The van der Waals surface area contributed by atoms with Gasteiger partial charge in [0.1, 0.15) is 0 Å². The Morgan fingerprint density at radius 2 is 1.91 bits per heavy atom. The van der Waals surface area contributed by atoms with Crippen molar-refractivity contribution >= 4 is 11.7 Å². The van der Waals surface area contributed by atoms with Crippen LogP contribution in [0.5, 0.6) is 0 Å². The normalized spacial score (nSPS) is 34.4. The minimum Gasteiger partial charge on any atom is -0.369 e. The summed E-state index contributed by atoms with van der Waals surface area (Å²) < 4.78 is 5.69. The molecule has 4 heteroatoms. The molecule has 0 spiro atoms. The maximum absolute atomic E-state index is 12.2. The van der Waals surface area contributed by atoms with Gasteiger partial charge in [0.15, 0.2) is 0 Å². The second kappa shape index (κ2) is 4.98. The molecular weight excluding hydrogens is 276 g/mol. The highest BCUT2D eigenvalue weighted by Gasteiger charge is 2.62. The third-order valence-electron chi connectivity index (χ3n) is 5.67. The van der Waals surface area contributed by atoms with Crippen LogP contribution in [0.2, 0.25) is 0 Å². The van der Waals surface area contributed by atoms with Crippen molar-refractivity contribution < 1.29 is 9.53 Å². The number of fused-ring (bicyclic) bond motifs is 5. The standard InChI is InChI=1S/C18H24N2O2/c1-9-4-10(2)15(11(3)5-9)20-18(21)19-8-13-6-12-7-14(13)17-16(12)22-17/h4-5,12-14,16-17H,6-8H2,1-3H3,(H2,19,20,21). The van der Waals surface area contributed by atoms with Crippen molar-refractivity contribution in [2.24, 2.45) is 17.8 Å². The molecule has 0 radical (unpaired) electrons. The summed E-state index contributed by atoms with van der Waals surface area (Å²) in [5, 5.41) is 6.07. The van der Waals surface area contributed by atoms with E-state index in [0.717, 1.165) is 29.3 Å². The average molecular weight is 300 g/mol. The number of urea groups is 1. The van der Waals surface area contributed by atoms with Gasteiger partial charge in [-0.05, 0) is 62.5 Å². The number of hydrogen-bond donors (Lipinski definition) is 2. The smallest absolute Gasteiger partial charge is 0.319 e. The molecule has 2 amide bonds. The molecule has 1 aromatic rings. The lowest BCUT2D eigenvalue weighted by Crippen LogP contribution is -2.36. The Bertz CT molecular complexity index is 605. The fourth-order valence-electron chi connectivity index (χ4n) is 4.73. The van der Waals surface area contributed by atoms with Crippen LogP contribution in [0.25, 0.3) is 0 Å². The van der Waals surface area contributed by atoms with Gasteiger partial charge in [-0.1, -0.05) is 17.7 Å². The Kier molecular flexibility index (Phi) is 3.19. The highest BCUT2D eigenvalue weighted by molar-refractivity contribution is 5.91. The number of carbonyl (C=O) groups is 1. The largest absolute Gasteiger partial charge is 0.369 e. The van der Waals surface area contributed by atoms with Gasteiger partial charge in [0.25, 0.3) is 0 Å². The number of anilines is 1. The molecule has 4 nitrogen and oxygen atoms in total. The van der Waals surface area contributed by atoms with Crippen LogP contribution in [0.3, 0.4) is 0 Å². The van der Waals surface area contributed by atoms with Crippen molar-refractivity contribution in [3.63, 3.8) is 0 Å². The summed E-state index contributed by atoms with van der Waals surface area (Å²) >= 11 is 0. The number of carbonyl (C=O) groups excluding carboxylic acids is 1. The number of rotatable bonds is 3. The van der Waals surface area contributed by atoms with Crippen LogP contribution in [-0.4, -0.2) is 24.8 Å². The molecule has 5 atom stereocenters. The first-order valence-electron chi connectivity index (χ1n) is 8.31. The lowest BCUT2D eigenvalue weighted by molar-refractivity contribution is 0.238. The maximum atomic E-state index is 12.2. The Hall–Kier alpha value is -1.55. The van der Waals surface area contributed by atoms with Gasteiger partial charge in [0.2, 0.25) is 0 Å². The first kappa shape index (κ1) is 14.1. The van der Waals surface area contributed by atoms with E-state index >= 15 is 0 Å². The summed E-state index contributed by atoms with van der Waals surface area (Å²) in [7, 11) is 0. The monoisotopic (exact) mass is 300 g/mol. The van der Waals surface area contributed by atoms with E-state index in [1.807, 2.05) is 13.8 Å². The fraction of sp³-hybridized carbons (Fsp3) is 0.611. The van der Waals surface area contributed by atoms with Crippen LogP contribution in [0.4, 0.5) is 10.5 Å². The van der Waals surface area contributed by atoms with Crippen molar-refractivity contribution in [1.29, 1.82) is 0 Å². The van der Waals surface area contributed by atoms with Gasteiger partial charge < -0.3 is 15.4 Å². The summed E-state index contributed by atoms with van der Waals surface area (Å²) in [6.45, 7) is 6.92. The third kappa shape index (κ3) is 2.30. The van der Waals surface area contributed by atoms with E-state index in [1.165, 1.54) is 18.4 Å². The fourth-order valence-corrected chi connectivity index (χ4v) is 4.73. The quantitative estimate of drug-likeness (QED) is 0.843. The molecule has 2 aliphatic carbocycles. The third-order valence-corrected chi connectivity index (χ3v) is 5.67. The topological polar surface area (TPSA) is 53.7 Å². The summed E-state index contributed by atoms with van der Waals surface area (Å²) in [6, 6.07) is 4.11. The van der Waals surface area contributed by atoms with Crippen molar-refractivity contribution in [3.8, 4) is 0 Å². The number of aryl methyl sites for hydroxylation is 3. The number of ether oxygens (including phenoxy) is 1. The molecule has 0 aromatic heterocycles. The Morgan fingerprint density at radius 1 is 1.18 bits per heavy atom. The number of nitrogens with one attached hydrogen (secondary N) is 2. The van der Waals surface area contributed by atoms with E-state index in [0.29, 0.717) is 24.0 Å². The second-order valence-corrected chi connectivity index (χ2v) is 7.33. The first-order valence-corrected chi connectivity index (χ1v) is 8.31. The zero-order valence-electron chi connectivity index (χ0n) is 13.5. The maximum Gasteiger partial charge on any atom is 0.319 e. The van der Waals surface area contributed by atoms with Gasteiger partial charge >= 0.3 is 6.03 Å². The molecule has 5 unspecified atom stereocenters.